The molecule has 0 aliphatic carbocycles. The first-order valence-electron chi connectivity index (χ1n) is 7.91. The molecule has 0 aliphatic rings. The molecule has 8 heteroatoms. The van der Waals surface area contributed by atoms with E-state index in [2.05, 4.69) is 15.3 Å². The van der Waals surface area contributed by atoms with Crippen molar-refractivity contribution in [2.45, 2.75) is 26.6 Å². The van der Waals surface area contributed by atoms with Crippen LogP contribution in [0.3, 0.4) is 0 Å². The smallest absolute Gasteiger partial charge is 0.204 e. The van der Waals surface area contributed by atoms with Crippen molar-refractivity contribution in [1.82, 2.24) is 14.7 Å². The Labute approximate surface area is 157 Å². The molecule has 2 rings (SSSR count). The summed E-state index contributed by atoms with van der Waals surface area (Å²) in [4.78, 5) is 2.16. The van der Waals surface area contributed by atoms with Crippen LogP contribution >= 0.6 is 35.2 Å². The fraction of sp³-hybridized carbons (Fsp3) is 0.500. The van der Waals surface area contributed by atoms with E-state index < -0.39 is 0 Å². The zero-order valence-corrected chi connectivity index (χ0v) is 16.4. The van der Waals surface area contributed by atoms with Crippen molar-refractivity contribution in [3.05, 3.63) is 38.8 Å². The second-order valence-electron chi connectivity index (χ2n) is 5.43. The molecule has 1 heterocycles. The van der Waals surface area contributed by atoms with Crippen molar-refractivity contribution in [3.8, 4) is 0 Å². The van der Waals surface area contributed by atoms with Crippen molar-refractivity contribution in [3.63, 3.8) is 0 Å². The number of benzene rings is 1. The van der Waals surface area contributed by atoms with Crippen LogP contribution in [0.2, 0.25) is 5.02 Å². The van der Waals surface area contributed by atoms with Gasteiger partial charge in [-0.2, -0.15) is 0 Å². The van der Waals surface area contributed by atoms with E-state index in [1.165, 1.54) is 16.9 Å². The summed E-state index contributed by atoms with van der Waals surface area (Å²) in [6.45, 7) is 5.82. The number of nitrogens with zero attached hydrogens (tertiary/aromatic N) is 3. The van der Waals surface area contributed by atoms with Crippen molar-refractivity contribution in [1.29, 1.82) is 0 Å². The summed E-state index contributed by atoms with van der Waals surface area (Å²) in [5, 5.41) is 9.45. The fourth-order valence-electron chi connectivity index (χ4n) is 2.16. The van der Waals surface area contributed by atoms with E-state index in [0.717, 1.165) is 46.8 Å². The lowest BCUT2D eigenvalue weighted by atomic mass is 10.2. The molecule has 0 aliphatic heterocycles. The number of rotatable bonds is 10. The highest BCUT2D eigenvalue weighted by molar-refractivity contribution is 7.73. The molecular formula is C16H23ClN4OS2. The highest BCUT2D eigenvalue weighted by atomic mass is 35.5. The van der Waals surface area contributed by atoms with Crippen LogP contribution in [0, 0.1) is 3.95 Å². The first-order chi connectivity index (χ1) is 11.6. The fourth-order valence-corrected chi connectivity index (χ4v) is 3.31. The first kappa shape index (κ1) is 19.3. The summed E-state index contributed by atoms with van der Waals surface area (Å²) in [7, 11) is 2.05. The molecular weight excluding hydrogens is 364 g/mol. The largest absolute Gasteiger partial charge is 0.382 e. The molecule has 0 unspecified atom stereocenters. The minimum Gasteiger partial charge on any atom is -0.382 e. The Hall–Kier alpha value is -0.990. The van der Waals surface area contributed by atoms with Gasteiger partial charge in [-0.3, -0.25) is 4.90 Å². The monoisotopic (exact) mass is 386 g/mol. The Bertz CT molecular complexity index is 671. The van der Waals surface area contributed by atoms with Crippen molar-refractivity contribution >= 4 is 40.3 Å². The molecule has 0 radical (unpaired) electrons. The molecule has 0 amide bonds. The number of hydrogen-bond acceptors (Lipinski definition) is 6. The molecule has 0 spiro atoms. The van der Waals surface area contributed by atoms with Gasteiger partial charge in [-0.15, -0.1) is 5.10 Å². The second kappa shape index (κ2) is 10.1. The molecule has 0 saturated carbocycles. The number of anilines is 1. The Kier molecular flexibility index (Phi) is 8.14. The Morgan fingerprint density at radius 2 is 2.12 bits per heavy atom. The molecule has 5 nitrogen and oxygen atoms in total. The molecule has 0 fully saturated rings. The number of halogens is 1. The average Bonchev–Trinajstić information content (AvgIpc) is 2.89. The summed E-state index contributed by atoms with van der Waals surface area (Å²) in [6.07, 6.45) is 0.955. The zero-order chi connectivity index (χ0) is 17.4. The van der Waals surface area contributed by atoms with Crippen molar-refractivity contribution in [2.24, 2.45) is 0 Å². The molecule has 1 N–H and O–H groups in total. The third-order valence-corrected chi connectivity index (χ3v) is 4.81. The van der Waals surface area contributed by atoms with E-state index in [1.54, 1.807) is 0 Å². The minimum absolute atomic E-state index is 0.651. The van der Waals surface area contributed by atoms with Gasteiger partial charge in [0.2, 0.25) is 5.13 Å². The number of nitrogens with one attached hydrogen (secondary N) is 1. The Morgan fingerprint density at radius 1 is 1.38 bits per heavy atom. The van der Waals surface area contributed by atoms with Crippen LogP contribution in [-0.2, 0) is 18.0 Å². The second-order valence-corrected chi connectivity index (χ2v) is 7.49. The van der Waals surface area contributed by atoms with E-state index in [4.69, 9.17) is 28.6 Å². The van der Waals surface area contributed by atoms with Gasteiger partial charge in [0.25, 0.3) is 0 Å². The molecule has 0 atom stereocenters. The predicted octanol–water partition coefficient (Wildman–Crippen LogP) is 4.26. The molecule has 2 aromatic rings. The summed E-state index contributed by atoms with van der Waals surface area (Å²) in [6, 6.07) is 7.88. The van der Waals surface area contributed by atoms with E-state index >= 15 is 0 Å². The van der Waals surface area contributed by atoms with E-state index in [1.807, 2.05) is 42.9 Å². The number of aromatic nitrogens is 2. The van der Waals surface area contributed by atoms with Crippen LogP contribution in [0.4, 0.5) is 5.13 Å². The third-order valence-electron chi connectivity index (χ3n) is 3.29. The molecule has 132 valence electrons. The maximum absolute atomic E-state index is 5.92. The lowest BCUT2D eigenvalue weighted by Crippen LogP contribution is -2.22. The minimum atomic E-state index is 0.651. The molecule has 0 saturated heterocycles. The zero-order valence-electron chi connectivity index (χ0n) is 14.0. The number of hydrogen-bond donors (Lipinski definition) is 1. The Morgan fingerprint density at radius 3 is 2.83 bits per heavy atom. The van der Waals surface area contributed by atoms with Gasteiger partial charge < -0.3 is 10.1 Å². The normalized spacial score (nSPS) is 11.2. The standard InChI is InChI=1S/C16H23ClN4OS2/c1-3-22-10-4-9-18-15-19-21(16(23)24-15)12-20(2)11-13-5-7-14(17)8-6-13/h5-8H,3-4,9-12H2,1-2H3,(H,18,19). The summed E-state index contributed by atoms with van der Waals surface area (Å²) >= 11 is 12.8. The predicted molar refractivity (Wildman–Crippen MR) is 103 cm³/mol. The van der Waals surface area contributed by atoms with E-state index in [-0.39, 0.29) is 0 Å². The van der Waals surface area contributed by atoms with Gasteiger partial charge >= 0.3 is 0 Å². The van der Waals surface area contributed by atoms with Crippen LogP contribution in [0.1, 0.15) is 18.9 Å². The summed E-state index contributed by atoms with van der Waals surface area (Å²) < 4.78 is 7.94. The highest BCUT2D eigenvalue weighted by Gasteiger charge is 2.07. The maximum atomic E-state index is 5.92. The summed E-state index contributed by atoms with van der Waals surface area (Å²) in [5.74, 6) is 0. The van der Waals surface area contributed by atoms with Gasteiger partial charge in [0.15, 0.2) is 3.95 Å². The van der Waals surface area contributed by atoms with Gasteiger partial charge in [-0.05, 0) is 50.3 Å². The third kappa shape index (κ3) is 6.49. The van der Waals surface area contributed by atoms with Crippen LogP contribution in [0.25, 0.3) is 0 Å². The molecule has 0 bridgehead atoms. The molecule has 1 aromatic heterocycles. The molecule has 24 heavy (non-hydrogen) atoms. The van der Waals surface area contributed by atoms with Gasteiger partial charge in [0.05, 0.1) is 6.67 Å². The maximum Gasteiger partial charge on any atom is 0.204 e. The van der Waals surface area contributed by atoms with Gasteiger partial charge in [-0.1, -0.05) is 35.1 Å². The summed E-state index contributed by atoms with van der Waals surface area (Å²) in [5.41, 5.74) is 1.21. The van der Waals surface area contributed by atoms with Crippen molar-refractivity contribution in [2.75, 3.05) is 32.1 Å². The van der Waals surface area contributed by atoms with Crippen LogP contribution in [-0.4, -0.2) is 41.5 Å². The van der Waals surface area contributed by atoms with E-state index in [0.29, 0.717) is 6.67 Å². The lowest BCUT2D eigenvalue weighted by molar-refractivity contribution is 0.147. The average molecular weight is 387 g/mol. The van der Waals surface area contributed by atoms with Gasteiger partial charge in [0, 0.05) is 31.3 Å². The SMILES string of the molecule is CCOCCCNc1nn(CN(C)Cc2ccc(Cl)cc2)c(=S)s1. The van der Waals surface area contributed by atoms with Gasteiger partial charge in [0.1, 0.15) is 0 Å². The molecule has 1 aromatic carbocycles. The highest BCUT2D eigenvalue weighted by Crippen LogP contribution is 2.16. The Balaban J connectivity index is 1.83. The number of ether oxygens (including phenoxy) is 1. The van der Waals surface area contributed by atoms with Crippen LogP contribution < -0.4 is 5.32 Å². The topological polar surface area (TPSA) is 42.3 Å². The van der Waals surface area contributed by atoms with Gasteiger partial charge in [-0.25, -0.2) is 4.68 Å². The van der Waals surface area contributed by atoms with Crippen molar-refractivity contribution < 1.29 is 4.74 Å². The lowest BCUT2D eigenvalue weighted by Gasteiger charge is -2.16. The van der Waals surface area contributed by atoms with Crippen LogP contribution in [0.5, 0.6) is 0 Å². The quantitative estimate of drug-likeness (QED) is 0.488. The van der Waals surface area contributed by atoms with Crippen LogP contribution in [0.15, 0.2) is 24.3 Å². The first-order valence-corrected chi connectivity index (χ1v) is 9.51. The van der Waals surface area contributed by atoms with E-state index in [9.17, 15) is 0 Å².